The third-order valence-electron chi connectivity index (χ3n) is 5.11. The number of carbonyl (C=O) groups is 2. The lowest BCUT2D eigenvalue weighted by Crippen LogP contribution is -2.31. The number of likely N-dealkylation sites (tertiary alicyclic amines) is 1. The highest BCUT2D eigenvalue weighted by molar-refractivity contribution is 6.46. The highest BCUT2D eigenvalue weighted by Crippen LogP contribution is 2.42. The lowest BCUT2D eigenvalue weighted by Gasteiger charge is -2.26. The van der Waals surface area contributed by atoms with Crippen molar-refractivity contribution in [2.75, 3.05) is 27.4 Å². The van der Waals surface area contributed by atoms with Crippen LogP contribution >= 0.6 is 0 Å². The van der Waals surface area contributed by atoms with E-state index in [0.29, 0.717) is 42.2 Å². The minimum absolute atomic E-state index is 0.0261. The number of aliphatic hydroxyl groups excluding tert-OH is 1. The summed E-state index contributed by atoms with van der Waals surface area (Å²) < 4.78 is 16.4. The number of rotatable bonds is 9. The van der Waals surface area contributed by atoms with Crippen LogP contribution in [-0.2, 0) is 14.3 Å². The predicted octanol–water partition coefficient (Wildman–Crippen LogP) is 3.34. The molecule has 1 unspecified atom stereocenters. The van der Waals surface area contributed by atoms with Crippen LogP contribution < -0.4 is 9.47 Å². The third-order valence-corrected chi connectivity index (χ3v) is 5.11. The van der Waals surface area contributed by atoms with E-state index in [0.717, 1.165) is 0 Å². The number of amides is 1. The molecule has 1 aliphatic rings. The zero-order valence-electron chi connectivity index (χ0n) is 18.7. The molecule has 2 aromatic rings. The number of methoxy groups -OCH3 is 2. The van der Waals surface area contributed by atoms with Crippen LogP contribution in [0.5, 0.6) is 11.5 Å². The molecule has 8 heteroatoms. The van der Waals surface area contributed by atoms with Gasteiger partial charge in [0, 0.05) is 38.2 Å². The van der Waals surface area contributed by atoms with Crippen LogP contribution in [0.4, 0.5) is 0 Å². The summed E-state index contributed by atoms with van der Waals surface area (Å²) in [6, 6.07) is 7.66. The molecule has 2 heterocycles. The van der Waals surface area contributed by atoms with E-state index in [4.69, 9.17) is 14.2 Å². The minimum atomic E-state index is -0.776. The summed E-state index contributed by atoms with van der Waals surface area (Å²) >= 11 is 0. The summed E-state index contributed by atoms with van der Waals surface area (Å²) in [6.07, 6.45) is 3.52. The van der Waals surface area contributed by atoms with E-state index < -0.39 is 17.7 Å². The van der Waals surface area contributed by atoms with Gasteiger partial charge in [-0.15, -0.1) is 0 Å². The second kappa shape index (κ2) is 10.3. The number of pyridine rings is 1. The second-order valence-electron chi connectivity index (χ2n) is 7.65. The Hall–Kier alpha value is -3.39. The van der Waals surface area contributed by atoms with Gasteiger partial charge in [-0.2, -0.15) is 0 Å². The fourth-order valence-corrected chi connectivity index (χ4v) is 3.71. The number of hydrogen-bond acceptors (Lipinski definition) is 7. The standard InChI is InChI=1S/C24H28N2O6/c1-15(2)32-18-7-6-17(14-19(18)31-4)21-20(22(27)16-8-10-25-11-9-16)23(28)24(29)26(21)12-5-13-30-3/h6-11,14-15,21,27H,5,12-13H2,1-4H3/b22-20-. The molecule has 0 bridgehead atoms. The average molecular weight is 440 g/mol. The maximum absolute atomic E-state index is 13.0. The minimum Gasteiger partial charge on any atom is -0.507 e. The van der Waals surface area contributed by atoms with Crippen molar-refractivity contribution in [3.63, 3.8) is 0 Å². The average Bonchev–Trinajstić information content (AvgIpc) is 3.04. The molecule has 1 fully saturated rings. The molecule has 8 nitrogen and oxygen atoms in total. The Labute approximate surface area is 187 Å². The summed E-state index contributed by atoms with van der Waals surface area (Å²) in [5.41, 5.74) is 1.06. The summed E-state index contributed by atoms with van der Waals surface area (Å²) in [7, 11) is 3.10. The van der Waals surface area contributed by atoms with Crippen LogP contribution in [0, 0.1) is 0 Å². The molecule has 1 amide bonds. The van der Waals surface area contributed by atoms with Crippen molar-refractivity contribution in [3.8, 4) is 11.5 Å². The zero-order chi connectivity index (χ0) is 23.3. The molecular formula is C24H28N2O6. The number of nitrogens with zero attached hydrogens (tertiary/aromatic N) is 2. The molecule has 1 aromatic heterocycles. The molecule has 1 aromatic carbocycles. The second-order valence-corrected chi connectivity index (χ2v) is 7.65. The Morgan fingerprint density at radius 3 is 2.47 bits per heavy atom. The van der Waals surface area contributed by atoms with E-state index in [1.165, 1.54) is 24.4 Å². The van der Waals surface area contributed by atoms with Gasteiger partial charge in [0.2, 0.25) is 0 Å². The third kappa shape index (κ3) is 4.75. The molecule has 32 heavy (non-hydrogen) atoms. The smallest absolute Gasteiger partial charge is 0.295 e. The van der Waals surface area contributed by atoms with E-state index in [2.05, 4.69) is 4.98 Å². The van der Waals surface area contributed by atoms with Crippen molar-refractivity contribution >= 4 is 17.4 Å². The highest BCUT2D eigenvalue weighted by atomic mass is 16.5. The van der Waals surface area contributed by atoms with Crippen molar-refractivity contribution in [1.82, 2.24) is 9.88 Å². The maximum atomic E-state index is 13.0. The number of aromatic nitrogens is 1. The van der Waals surface area contributed by atoms with Gasteiger partial charge in [-0.25, -0.2) is 0 Å². The van der Waals surface area contributed by atoms with Gasteiger partial charge in [-0.05, 0) is 50.1 Å². The van der Waals surface area contributed by atoms with Gasteiger partial charge < -0.3 is 24.2 Å². The van der Waals surface area contributed by atoms with E-state index in [-0.39, 0.29) is 17.4 Å². The molecular weight excluding hydrogens is 412 g/mol. The van der Waals surface area contributed by atoms with Gasteiger partial charge in [0.1, 0.15) is 5.76 Å². The molecule has 3 rings (SSSR count). The lowest BCUT2D eigenvalue weighted by atomic mass is 9.95. The summed E-state index contributed by atoms with van der Waals surface area (Å²) in [5.74, 6) is -0.614. The summed E-state index contributed by atoms with van der Waals surface area (Å²) in [6.45, 7) is 4.55. The van der Waals surface area contributed by atoms with Crippen molar-refractivity contribution in [1.29, 1.82) is 0 Å². The summed E-state index contributed by atoms with van der Waals surface area (Å²) in [4.78, 5) is 31.3. The molecule has 1 saturated heterocycles. The molecule has 0 aliphatic carbocycles. The molecule has 0 saturated carbocycles. The quantitative estimate of drug-likeness (QED) is 0.276. The maximum Gasteiger partial charge on any atom is 0.295 e. The Kier molecular flexibility index (Phi) is 7.48. The molecule has 1 N–H and O–H groups in total. The van der Waals surface area contributed by atoms with Crippen molar-refractivity contribution in [2.45, 2.75) is 32.4 Å². The highest BCUT2D eigenvalue weighted by Gasteiger charge is 2.46. The first-order valence-electron chi connectivity index (χ1n) is 10.4. The normalized spacial score (nSPS) is 17.8. The van der Waals surface area contributed by atoms with Gasteiger partial charge in [-0.3, -0.25) is 14.6 Å². The van der Waals surface area contributed by atoms with Crippen molar-refractivity contribution in [3.05, 3.63) is 59.4 Å². The van der Waals surface area contributed by atoms with Crippen molar-refractivity contribution in [2.24, 2.45) is 0 Å². The van der Waals surface area contributed by atoms with Crippen LogP contribution in [0.1, 0.15) is 37.4 Å². The van der Waals surface area contributed by atoms with Crippen LogP contribution in [0.3, 0.4) is 0 Å². The van der Waals surface area contributed by atoms with E-state index in [1.54, 1.807) is 37.4 Å². The molecule has 0 radical (unpaired) electrons. The zero-order valence-corrected chi connectivity index (χ0v) is 18.7. The molecule has 0 spiro atoms. The Morgan fingerprint density at radius 2 is 1.84 bits per heavy atom. The number of Topliss-reactive ketones (excluding diaryl/α,β-unsaturated/α-hetero) is 1. The first kappa shape index (κ1) is 23.3. The van der Waals surface area contributed by atoms with Crippen LogP contribution in [-0.4, -0.2) is 60.2 Å². The van der Waals surface area contributed by atoms with E-state index in [1.807, 2.05) is 13.8 Å². The summed E-state index contributed by atoms with van der Waals surface area (Å²) in [5, 5.41) is 11.0. The lowest BCUT2D eigenvalue weighted by molar-refractivity contribution is -0.140. The van der Waals surface area contributed by atoms with Gasteiger partial charge >= 0.3 is 0 Å². The SMILES string of the molecule is COCCCN1C(=O)C(=O)/C(=C(\O)c2ccncc2)C1c1ccc(OC(C)C)c(OC)c1. The van der Waals surface area contributed by atoms with Gasteiger partial charge in [0.05, 0.1) is 24.8 Å². The fourth-order valence-electron chi connectivity index (χ4n) is 3.71. The van der Waals surface area contributed by atoms with E-state index in [9.17, 15) is 14.7 Å². The van der Waals surface area contributed by atoms with Gasteiger partial charge in [0.25, 0.3) is 11.7 Å². The number of aliphatic hydroxyl groups is 1. The largest absolute Gasteiger partial charge is 0.507 e. The van der Waals surface area contributed by atoms with Crippen molar-refractivity contribution < 1.29 is 28.9 Å². The van der Waals surface area contributed by atoms with Gasteiger partial charge in [-0.1, -0.05) is 6.07 Å². The first-order valence-corrected chi connectivity index (χ1v) is 10.4. The number of ketones is 1. The number of ether oxygens (including phenoxy) is 3. The number of benzene rings is 1. The molecule has 1 atom stereocenters. The number of carbonyl (C=O) groups excluding carboxylic acids is 2. The van der Waals surface area contributed by atoms with E-state index >= 15 is 0 Å². The molecule has 170 valence electrons. The fraction of sp³-hybridized carbons (Fsp3) is 0.375. The Bertz CT molecular complexity index is 1000. The Balaban J connectivity index is 2.13. The van der Waals surface area contributed by atoms with Crippen LogP contribution in [0.25, 0.3) is 5.76 Å². The van der Waals surface area contributed by atoms with Gasteiger partial charge in [0.15, 0.2) is 11.5 Å². The Morgan fingerprint density at radius 1 is 1.12 bits per heavy atom. The van der Waals surface area contributed by atoms with Crippen LogP contribution in [0.2, 0.25) is 0 Å². The molecule has 1 aliphatic heterocycles. The topological polar surface area (TPSA) is 98.2 Å². The first-order chi connectivity index (χ1) is 15.4. The number of hydrogen-bond donors (Lipinski definition) is 1. The van der Waals surface area contributed by atoms with Crippen LogP contribution in [0.15, 0.2) is 48.3 Å². The predicted molar refractivity (Wildman–Crippen MR) is 118 cm³/mol. The monoisotopic (exact) mass is 440 g/mol.